The summed E-state index contributed by atoms with van der Waals surface area (Å²) in [5.74, 6) is 1.20. The quantitative estimate of drug-likeness (QED) is 0.613. The summed E-state index contributed by atoms with van der Waals surface area (Å²) in [6, 6.07) is 12.9. The number of carbonyl (C=O) groups excluding carboxylic acids is 2. The molecule has 1 aliphatic carbocycles. The van der Waals surface area contributed by atoms with E-state index in [0.717, 1.165) is 40.6 Å². The molecule has 0 spiro atoms. The van der Waals surface area contributed by atoms with E-state index >= 15 is 0 Å². The molecule has 2 aliphatic heterocycles. The lowest BCUT2D eigenvalue weighted by atomic mass is 9.86. The molecule has 0 radical (unpaired) electrons. The molecule has 1 saturated heterocycles. The van der Waals surface area contributed by atoms with E-state index in [1.54, 1.807) is 9.80 Å². The van der Waals surface area contributed by atoms with Crippen LogP contribution in [0.25, 0.3) is 10.9 Å². The zero-order valence-electron chi connectivity index (χ0n) is 18.5. The Bertz CT molecular complexity index is 1260. The predicted octanol–water partition coefficient (Wildman–Crippen LogP) is 4.31. The number of aromatic amines is 1. The van der Waals surface area contributed by atoms with Crippen molar-refractivity contribution < 1.29 is 14.3 Å². The molecule has 1 N–H and O–H groups in total. The van der Waals surface area contributed by atoms with E-state index < -0.39 is 12.1 Å². The average molecular weight is 464 g/mol. The summed E-state index contributed by atoms with van der Waals surface area (Å²) in [5.41, 5.74) is 3.96. The van der Waals surface area contributed by atoms with E-state index in [0.29, 0.717) is 36.3 Å². The van der Waals surface area contributed by atoms with Crippen LogP contribution in [-0.2, 0) is 16.0 Å². The van der Waals surface area contributed by atoms with Crippen molar-refractivity contribution in [3.8, 4) is 5.75 Å². The molecule has 2 fully saturated rings. The molecule has 2 amide bonds. The van der Waals surface area contributed by atoms with Gasteiger partial charge < -0.3 is 19.5 Å². The first kappa shape index (κ1) is 20.6. The molecular weight excluding hydrogens is 438 g/mol. The molecule has 2 atom stereocenters. The third-order valence-corrected chi connectivity index (χ3v) is 7.38. The molecule has 1 aromatic heterocycles. The number of nitrogens with zero attached hydrogens (tertiary/aromatic N) is 2. The number of benzene rings is 2. The molecule has 6 rings (SSSR count). The number of aromatic nitrogens is 1. The number of H-pyrrole nitrogens is 1. The molecule has 2 aromatic carbocycles. The fourth-order valence-electron chi connectivity index (χ4n) is 5.40. The van der Waals surface area contributed by atoms with Gasteiger partial charge in [0.05, 0.1) is 24.2 Å². The minimum atomic E-state index is -0.507. The highest BCUT2D eigenvalue weighted by Gasteiger charge is 2.48. The van der Waals surface area contributed by atoms with Gasteiger partial charge in [0.2, 0.25) is 11.8 Å². The number of fused-ring (bicyclic) bond motifs is 4. The van der Waals surface area contributed by atoms with Crippen LogP contribution in [0.1, 0.15) is 42.6 Å². The molecule has 0 bridgehead atoms. The first-order valence-corrected chi connectivity index (χ1v) is 12.0. The molecular formula is C26H26ClN3O3. The van der Waals surface area contributed by atoms with Gasteiger partial charge in [0.1, 0.15) is 11.8 Å². The molecule has 6 nitrogen and oxygen atoms in total. The second-order valence-electron chi connectivity index (χ2n) is 9.27. The zero-order valence-corrected chi connectivity index (χ0v) is 19.3. The molecule has 3 aliphatic rings. The van der Waals surface area contributed by atoms with E-state index in [4.69, 9.17) is 16.3 Å². The van der Waals surface area contributed by atoms with Crippen LogP contribution in [0.15, 0.2) is 42.5 Å². The zero-order chi connectivity index (χ0) is 22.7. The summed E-state index contributed by atoms with van der Waals surface area (Å²) in [4.78, 5) is 34.2. The van der Waals surface area contributed by atoms with Crippen molar-refractivity contribution in [2.45, 2.75) is 38.3 Å². The summed E-state index contributed by atoms with van der Waals surface area (Å²) in [6.07, 6.45) is 2.81. The Morgan fingerprint density at radius 2 is 1.97 bits per heavy atom. The maximum atomic E-state index is 13.6. The second kappa shape index (κ2) is 7.80. The first-order chi connectivity index (χ1) is 16.0. The highest BCUT2D eigenvalue weighted by Crippen LogP contribution is 2.44. The van der Waals surface area contributed by atoms with Crippen molar-refractivity contribution in [2.24, 2.45) is 5.92 Å². The summed E-state index contributed by atoms with van der Waals surface area (Å²) in [7, 11) is 0. The predicted molar refractivity (Wildman–Crippen MR) is 126 cm³/mol. The number of ether oxygens (including phenoxy) is 1. The van der Waals surface area contributed by atoms with E-state index in [1.165, 1.54) is 0 Å². The van der Waals surface area contributed by atoms with Gasteiger partial charge in [-0.25, -0.2) is 0 Å². The third-order valence-electron chi connectivity index (χ3n) is 7.09. The van der Waals surface area contributed by atoms with Gasteiger partial charge in [0.15, 0.2) is 0 Å². The lowest BCUT2D eigenvalue weighted by Gasteiger charge is -2.47. The first-order valence-electron chi connectivity index (χ1n) is 11.7. The van der Waals surface area contributed by atoms with Crippen molar-refractivity contribution in [3.05, 3.63) is 64.3 Å². The summed E-state index contributed by atoms with van der Waals surface area (Å²) < 4.78 is 5.62. The van der Waals surface area contributed by atoms with Crippen LogP contribution in [0.4, 0.5) is 0 Å². The maximum Gasteiger partial charge on any atom is 0.246 e. The number of amides is 2. The average Bonchev–Trinajstić information content (AvgIpc) is 3.55. The SMILES string of the molecule is CCOc1ccc([C@@H]2c3[nH]c4ccccc4c3C[C@@H]3C(=O)N(CC4CC4)CC(=O)N23)cc1Cl. The summed E-state index contributed by atoms with van der Waals surface area (Å²) in [6.45, 7) is 3.27. The van der Waals surface area contributed by atoms with Crippen molar-refractivity contribution in [1.29, 1.82) is 0 Å². The number of para-hydroxylation sites is 1. The van der Waals surface area contributed by atoms with Crippen LogP contribution < -0.4 is 4.74 Å². The van der Waals surface area contributed by atoms with Gasteiger partial charge in [-0.1, -0.05) is 35.9 Å². The Morgan fingerprint density at radius 3 is 2.73 bits per heavy atom. The number of halogens is 1. The summed E-state index contributed by atoms with van der Waals surface area (Å²) in [5, 5.41) is 1.61. The van der Waals surface area contributed by atoms with Crippen LogP contribution in [0.5, 0.6) is 5.75 Å². The minimum Gasteiger partial charge on any atom is -0.492 e. The molecule has 33 heavy (non-hydrogen) atoms. The standard InChI is InChI=1S/C26H26ClN3O3/c1-2-33-22-10-9-16(11-19(22)27)25-24-18(17-5-3-4-6-20(17)28-24)12-21-26(32)29(13-15-7-8-15)14-23(31)30(21)25/h3-6,9-11,15,21,25,28H,2,7-8,12-14H2,1H3/t21-,25-/m1/s1. The Kier molecular flexibility index (Phi) is 4.87. The van der Waals surface area contributed by atoms with Gasteiger partial charge in [0.25, 0.3) is 0 Å². The smallest absolute Gasteiger partial charge is 0.246 e. The number of rotatable bonds is 5. The maximum absolute atomic E-state index is 13.6. The van der Waals surface area contributed by atoms with Crippen LogP contribution in [0, 0.1) is 5.92 Å². The van der Waals surface area contributed by atoms with E-state index in [9.17, 15) is 9.59 Å². The van der Waals surface area contributed by atoms with Crippen molar-refractivity contribution in [3.63, 3.8) is 0 Å². The molecule has 3 heterocycles. The van der Waals surface area contributed by atoms with Crippen molar-refractivity contribution in [2.75, 3.05) is 19.7 Å². The number of hydrogen-bond acceptors (Lipinski definition) is 3. The van der Waals surface area contributed by atoms with Crippen LogP contribution in [0.2, 0.25) is 5.02 Å². The Balaban J connectivity index is 1.49. The van der Waals surface area contributed by atoms with Gasteiger partial charge >= 0.3 is 0 Å². The Morgan fingerprint density at radius 1 is 1.15 bits per heavy atom. The number of nitrogens with one attached hydrogen (secondary N) is 1. The largest absolute Gasteiger partial charge is 0.492 e. The lowest BCUT2D eigenvalue weighted by Crippen LogP contribution is -2.63. The van der Waals surface area contributed by atoms with E-state index in [1.807, 2.05) is 43.3 Å². The number of carbonyl (C=O) groups is 2. The fraction of sp³-hybridized carbons (Fsp3) is 0.385. The van der Waals surface area contributed by atoms with Crippen LogP contribution in [0.3, 0.4) is 0 Å². The highest BCUT2D eigenvalue weighted by molar-refractivity contribution is 6.32. The van der Waals surface area contributed by atoms with Gasteiger partial charge in [0, 0.05) is 29.6 Å². The topological polar surface area (TPSA) is 65.6 Å². The van der Waals surface area contributed by atoms with E-state index in [-0.39, 0.29) is 18.4 Å². The second-order valence-corrected chi connectivity index (χ2v) is 9.68. The summed E-state index contributed by atoms with van der Waals surface area (Å²) >= 11 is 6.55. The Labute approximate surface area is 197 Å². The van der Waals surface area contributed by atoms with Crippen LogP contribution >= 0.6 is 11.6 Å². The third kappa shape index (κ3) is 3.39. The molecule has 7 heteroatoms. The molecule has 1 saturated carbocycles. The number of piperazine rings is 1. The monoisotopic (exact) mass is 463 g/mol. The van der Waals surface area contributed by atoms with Crippen LogP contribution in [-0.4, -0.2) is 52.3 Å². The van der Waals surface area contributed by atoms with Gasteiger partial charge in [-0.3, -0.25) is 9.59 Å². The van der Waals surface area contributed by atoms with Gasteiger partial charge in [-0.15, -0.1) is 0 Å². The highest BCUT2D eigenvalue weighted by atomic mass is 35.5. The minimum absolute atomic E-state index is 0.0143. The Hall–Kier alpha value is -2.99. The number of hydrogen-bond donors (Lipinski definition) is 1. The van der Waals surface area contributed by atoms with E-state index in [2.05, 4.69) is 11.1 Å². The van der Waals surface area contributed by atoms with Crippen molar-refractivity contribution >= 4 is 34.3 Å². The lowest BCUT2D eigenvalue weighted by molar-refractivity contribution is -0.158. The fourth-order valence-corrected chi connectivity index (χ4v) is 5.64. The molecule has 170 valence electrons. The molecule has 0 unspecified atom stereocenters. The van der Waals surface area contributed by atoms with Gasteiger partial charge in [-0.2, -0.15) is 0 Å². The normalized spacial score (nSPS) is 22.5. The van der Waals surface area contributed by atoms with Gasteiger partial charge in [-0.05, 0) is 55.0 Å². The van der Waals surface area contributed by atoms with Crippen molar-refractivity contribution in [1.82, 2.24) is 14.8 Å². The molecule has 3 aromatic rings.